The van der Waals surface area contributed by atoms with Crippen LogP contribution in [0.5, 0.6) is 0 Å². The smallest absolute Gasteiger partial charge is 0.0645 e. The molecule has 0 atom stereocenters. The Hall–Kier alpha value is -6.64. The summed E-state index contributed by atoms with van der Waals surface area (Å²) >= 11 is 0. The average molecular weight is 673 g/mol. The van der Waals surface area contributed by atoms with Gasteiger partial charge in [0.2, 0.25) is 0 Å². The average Bonchev–Trinajstić information content (AvgIpc) is 1.74. The third kappa shape index (κ3) is 5.24. The van der Waals surface area contributed by atoms with Crippen LogP contribution in [0.1, 0.15) is 46.6 Å². The molecular weight excluding hydrogens is 605 g/mol. The third-order valence-corrected chi connectivity index (χ3v) is 7.24. The number of hydrogen-bond acceptors (Lipinski definition) is 1. The highest BCUT2D eigenvalue weighted by atomic mass is 15.1. The van der Waals surface area contributed by atoms with Gasteiger partial charge < -0.3 is 9.47 Å². The van der Waals surface area contributed by atoms with Crippen molar-refractivity contribution in [2.24, 2.45) is 0 Å². The summed E-state index contributed by atoms with van der Waals surface area (Å²) < 4.78 is 305. The molecule has 0 aliphatic carbocycles. The van der Waals surface area contributed by atoms with Gasteiger partial charge in [-0.05, 0) is 76.6 Å². The summed E-state index contributed by atoms with van der Waals surface area (Å²) in [7, 11) is 0. The highest BCUT2D eigenvalue weighted by Crippen LogP contribution is 2.42. The Kier molecular flexibility index (Phi) is 2.72. The molecule has 9 aromatic rings. The van der Waals surface area contributed by atoms with Gasteiger partial charge in [-0.25, -0.2) is 0 Å². The predicted octanol–water partition coefficient (Wildman–Crippen LogP) is 13.3. The first kappa shape index (κ1) is 10.7. The standard InChI is InChI=1S/C48H34N2/c1-4-16-36(17-5-1)41-22-10-13-25-45(41)49(39-20-8-3-9-21-39)40-31-28-35(29-32-40)38-30-33-48-44(34-38)43-24-12-15-27-47(43)50(48)46-26-14-11-23-42(46)37-18-6-2-7-19-37/h1-34H/i1D,2D,3D,4D,5D,6D,7D,8D,9D,10D,11D,12D,13D,14D,15D,16D,17D,18D,19D,20D,21D,22D,23D,24D,25D,26D,27D,28D,29D,30D,31D,32D,33D,34D. The maximum absolute atomic E-state index is 9.85. The molecule has 0 saturated heterocycles. The number of anilines is 3. The molecule has 50 heavy (non-hydrogen) atoms. The van der Waals surface area contributed by atoms with Gasteiger partial charge in [0.1, 0.15) is 0 Å². The van der Waals surface area contributed by atoms with Crippen molar-refractivity contribution in [1.29, 1.82) is 0 Å². The number of nitrogens with zero attached hydrogens (tertiary/aromatic N) is 2. The zero-order chi connectivity index (χ0) is 62.9. The van der Waals surface area contributed by atoms with Crippen LogP contribution < -0.4 is 4.90 Å². The predicted molar refractivity (Wildman–Crippen MR) is 212 cm³/mol. The molecule has 0 spiro atoms. The van der Waals surface area contributed by atoms with E-state index in [2.05, 4.69) is 0 Å². The van der Waals surface area contributed by atoms with Crippen LogP contribution in [0.15, 0.2) is 205 Å². The fraction of sp³-hybridized carbons (Fsp3) is 0. The largest absolute Gasteiger partial charge is 0.310 e. The minimum absolute atomic E-state index is 0.291. The summed E-state index contributed by atoms with van der Waals surface area (Å²) in [4.78, 5) is 0.291. The van der Waals surface area contributed by atoms with Gasteiger partial charge in [0, 0.05) is 33.3 Å². The number of benzene rings is 8. The van der Waals surface area contributed by atoms with Crippen LogP contribution in [0.3, 0.4) is 0 Å². The number of hydrogen-bond donors (Lipinski definition) is 0. The highest BCUT2D eigenvalue weighted by molar-refractivity contribution is 6.11. The molecule has 0 saturated carbocycles. The molecule has 0 bridgehead atoms. The first-order chi connectivity index (χ1) is 39.0. The van der Waals surface area contributed by atoms with Crippen LogP contribution in [0, 0.1) is 0 Å². The lowest BCUT2D eigenvalue weighted by atomic mass is 10.0. The van der Waals surface area contributed by atoms with Gasteiger partial charge in [-0.3, -0.25) is 0 Å². The van der Waals surface area contributed by atoms with Crippen molar-refractivity contribution < 1.29 is 46.6 Å². The maximum Gasteiger partial charge on any atom is 0.0645 e. The Labute approximate surface area is 340 Å². The van der Waals surface area contributed by atoms with E-state index in [-0.39, 0.29) is 0 Å². The minimum atomic E-state index is -1.37. The molecule has 0 N–H and O–H groups in total. The maximum atomic E-state index is 9.85. The number of aromatic nitrogens is 1. The summed E-state index contributed by atoms with van der Waals surface area (Å²) in [5.74, 6) is 0. The Morgan fingerprint density at radius 1 is 0.360 bits per heavy atom. The molecule has 0 fully saturated rings. The van der Waals surface area contributed by atoms with Gasteiger partial charge in [0.05, 0.1) is 69.0 Å². The molecule has 236 valence electrons. The van der Waals surface area contributed by atoms with Crippen molar-refractivity contribution >= 4 is 38.9 Å². The van der Waals surface area contributed by atoms with E-state index in [1.54, 1.807) is 0 Å². The lowest BCUT2D eigenvalue weighted by molar-refractivity contribution is 1.18. The third-order valence-electron chi connectivity index (χ3n) is 7.24. The molecule has 1 heterocycles. The fourth-order valence-corrected chi connectivity index (χ4v) is 5.16. The van der Waals surface area contributed by atoms with Gasteiger partial charge in [0.15, 0.2) is 0 Å². The van der Waals surface area contributed by atoms with Gasteiger partial charge in [-0.1, -0.05) is 151 Å². The molecule has 8 aromatic carbocycles. The lowest BCUT2D eigenvalue weighted by Gasteiger charge is -2.28. The number of fused-ring (bicyclic) bond motifs is 3. The molecular formula is C48H34N2. The molecule has 0 aliphatic heterocycles. The van der Waals surface area contributed by atoms with Crippen LogP contribution >= 0.6 is 0 Å². The Morgan fingerprint density at radius 3 is 1.62 bits per heavy atom. The van der Waals surface area contributed by atoms with E-state index in [0.29, 0.717) is 9.47 Å². The van der Waals surface area contributed by atoms with E-state index in [4.69, 9.17) is 31.5 Å². The first-order valence-electron chi connectivity index (χ1n) is 31.3. The molecule has 9 rings (SSSR count). The summed E-state index contributed by atoms with van der Waals surface area (Å²) in [6.45, 7) is 0. The van der Waals surface area contributed by atoms with Crippen LogP contribution in [-0.2, 0) is 0 Å². The summed E-state index contributed by atoms with van der Waals surface area (Å²) in [5.41, 5.74) is -11.8. The Morgan fingerprint density at radius 2 is 0.880 bits per heavy atom. The Balaban J connectivity index is 1.49. The van der Waals surface area contributed by atoms with Crippen LogP contribution in [0.25, 0.3) is 60.9 Å². The summed E-state index contributed by atoms with van der Waals surface area (Å²) in [5, 5.41) is -1.51. The van der Waals surface area contributed by atoms with Gasteiger partial charge in [-0.15, -0.1) is 0 Å². The van der Waals surface area contributed by atoms with Crippen molar-refractivity contribution in [2.45, 2.75) is 0 Å². The van der Waals surface area contributed by atoms with Crippen molar-refractivity contribution in [3.63, 3.8) is 0 Å². The number of rotatable bonds is 7. The zero-order valence-electron chi connectivity index (χ0n) is 58.9. The van der Waals surface area contributed by atoms with Gasteiger partial charge in [0.25, 0.3) is 0 Å². The summed E-state index contributed by atoms with van der Waals surface area (Å²) in [6, 6.07) is -37.8. The Bertz CT molecular complexity index is 4430. The van der Waals surface area contributed by atoms with E-state index >= 15 is 0 Å². The second kappa shape index (κ2) is 12.8. The van der Waals surface area contributed by atoms with Gasteiger partial charge in [-0.2, -0.15) is 0 Å². The lowest BCUT2D eigenvalue weighted by Crippen LogP contribution is -2.11. The molecule has 0 amide bonds. The quantitative estimate of drug-likeness (QED) is 0.164. The molecule has 2 heteroatoms. The zero-order valence-corrected chi connectivity index (χ0v) is 24.9. The van der Waals surface area contributed by atoms with E-state index in [0.717, 1.165) is 0 Å². The van der Waals surface area contributed by atoms with E-state index < -0.39 is 283 Å². The second-order valence-corrected chi connectivity index (χ2v) is 10.0. The first-order valence-corrected chi connectivity index (χ1v) is 14.3. The monoisotopic (exact) mass is 672 g/mol. The minimum Gasteiger partial charge on any atom is -0.310 e. The van der Waals surface area contributed by atoms with Gasteiger partial charge >= 0.3 is 0 Å². The summed E-state index contributed by atoms with van der Waals surface area (Å²) in [6.07, 6.45) is 0. The molecule has 0 radical (unpaired) electrons. The molecule has 0 unspecified atom stereocenters. The number of para-hydroxylation sites is 4. The van der Waals surface area contributed by atoms with Crippen molar-refractivity contribution in [1.82, 2.24) is 4.57 Å². The van der Waals surface area contributed by atoms with Crippen LogP contribution in [0.4, 0.5) is 17.1 Å². The fourth-order valence-electron chi connectivity index (χ4n) is 5.16. The van der Waals surface area contributed by atoms with Crippen LogP contribution in [-0.4, -0.2) is 4.57 Å². The molecule has 1 aromatic heterocycles. The highest BCUT2D eigenvalue weighted by Gasteiger charge is 2.18. The molecule has 0 aliphatic rings. The van der Waals surface area contributed by atoms with Crippen molar-refractivity contribution in [3.05, 3.63) is 205 Å². The van der Waals surface area contributed by atoms with E-state index in [1.165, 1.54) is 0 Å². The topological polar surface area (TPSA) is 8.17 Å². The SMILES string of the molecule is [2H]c1c([2H])c([2H])c(-c2c([2H])c([2H])c([2H])c([2H])c2N(c2c([2H])c([2H])c([2H])c([2H])c2[2H])c2c([2H])c([2H])c(-c3c([2H])c([2H])c4c(c3[2H])c3c([2H])c([2H])c([2H])c([2H])c3n4-c3c([2H])c([2H])c([2H])c([2H])c3-c3c([2H])c([2H])c([2H])c([2H])c3[2H])c([2H])c2[2H])c([2H])c1[2H]. The van der Waals surface area contributed by atoms with Crippen molar-refractivity contribution in [3.8, 4) is 39.1 Å². The normalized spacial score (nSPS) is 20.7. The van der Waals surface area contributed by atoms with Crippen molar-refractivity contribution in [2.75, 3.05) is 4.90 Å². The molecule has 2 nitrogen and oxygen atoms in total. The van der Waals surface area contributed by atoms with E-state index in [9.17, 15) is 15.1 Å². The van der Waals surface area contributed by atoms with Crippen LogP contribution in [0.2, 0.25) is 0 Å². The van der Waals surface area contributed by atoms with E-state index in [1.807, 2.05) is 0 Å². The second-order valence-electron chi connectivity index (χ2n) is 10.0.